The maximum absolute atomic E-state index is 6.19. The van der Waals surface area contributed by atoms with E-state index in [9.17, 15) is 0 Å². The molecular weight excluding hydrogens is 282 g/mol. The Morgan fingerprint density at radius 2 is 1.95 bits per heavy atom. The van der Waals surface area contributed by atoms with Crippen LogP contribution in [-0.2, 0) is 6.61 Å². The van der Waals surface area contributed by atoms with E-state index in [0.717, 1.165) is 33.1 Å². The quantitative estimate of drug-likeness (QED) is 0.807. The van der Waals surface area contributed by atoms with Crippen molar-refractivity contribution in [3.05, 3.63) is 57.6 Å². The number of benzene rings is 2. The fraction of sp³-hybridized carbons (Fsp3) is 0.333. The second-order valence-corrected chi connectivity index (χ2v) is 6.25. The number of nitrogen functional groups attached to an aromatic ring is 1. The number of halogens is 1. The minimum Gasteiger partial charge on any atom is -0.488 e. The highest BCUT2D eigenvalue weighted by Gasteiger charge is 2.26. The Morgan fingerprint density at radius 3 is 2.67 bits per heavy atom. The molecule has 2 aromatic carbocycles. The number of nitrogens with two attached hydrogens (primary N) is 1. The van der Waals surface area contributed by atoms with Gasteiger partial charge >= 0.3 is 0 Å². The Hall–Kier alpha value is -1.67. The molecule has 1 aliphatic rings. The van der Waals surface area contributed by atoms with Crippen LogP contribution in [0, 0.1) is 13.8 Å². The van der Waals surface area contributed by atoms with E-state index in [2.05, 4.69) is 6.07 Å². The fourth-order valence-corrected chi connectivity index (χ4v) is 2.83. The first kappa shape index (κ1) is 14.3. The molecule has 21 heavy (non-hydrogen) atoms. The third-order valence-corrected chi connectivity index (χ3v) is 4.50. The molecule has 0 amide bonds. The molecule has 0 radical (unpaired) electrons. The summed E-state index contributed by atoms with van der Waals surface area (Å²) in [6, 6.07) is 10.1. The van der Waals surface area contributed by atoms with Crippen LogP contribution in [0.25, 0.3) is 0 Å². The van der Waals surface area contributed by atoms with Crippen molar-refractivity contribution in [2.24, 2.45) is 0 Å². The first-order valence-corrected chi connectivity index (χ1v) is 7.71. The zero-order valence-electron chi connectivity index (χ0n) is 12.4. The van der Waals surface area contributed by atoms with Gasteiger partial charge in [-0.15, -0.1) is 0 Å². The summed E-state index contributed by atoms with van der Waals surface area (Å²) in [7, 11) is 0. The van der Waals surface area contributed by atoms with E-state index < -0.39 is 0 Å². The third-order valence-electron chi connectivity index (χ3n) is 4.09. The van der Waals surface area contributed by atoms with Crippen molar-refractivity contribution in [1.82, 2.24) is 0 Å². The van der Waals surface area contributed by atoms with E-state index in [0.29, 0.717) is 12.5 Å². The molecule has 110 valence electrons. The third kappa shape index (κ3) is 3.01. The summed E-state index contributed by atoms with van der Waals surface area (Å²) < 4.78 is 5.99. The SMILES string of the molecule is Cc1cc(C)c(OCc2c(N)cccc2C2CC2)cc1Cl. The molecule has 0 aromatic heterocycles. The van der Waals surface area contributed by atoms with E-state index in [-0.39, 0.29) is 0 Å². The minimum absolute atomic E-state index is 0.499. The molecule has 2 N–H and O–H groups in total. The van der Waals surface area contributed by atoms with Crippen LogP contribution in [0.15, 0.2) is 30.3 Å². The first-order chi connectivity index (χ1) is 10.1. The van der Waals surface area contributed by atoms with E-state index in [4.69, 9.17) is 22.1 Å². The smallest absolute Gasteiger partial charge is 0.124 e. The maximum Gasteiger partial charge on any atom is 0.124 e. The van der Waals surface area contributed by atoms with Crippen molar-refractivity contribution in [3.8, 4) is 5.75 Å². The second kappa shape index (κ2) is 5.61. The molecule has 3 rings (SSSR count). The van der Waals surface area contributed by atoms with E-state index in [1.54, 1.807) is 0 Å². The molecule has 1 fully saturated rings. The summed E-state index contributed by atoms with van der Waals surface area (Å²) in [5, 5.41) is 0.735. The fourth-order valence-electron chi connectivity index (χ4n) is 2.68. The van der Waals surface area contributed by atoms with Crippen LogP contribution in [0.5, 0.6) is 5.75 Å². The lowest BCUT2D eigenvalue weighted by Gasteiger charge is -2.15. The van der Waals surface area contributed by atoms with Crippen molar-refractivity contribution < 1.29 is 4.74 Å². The summed E-state index contributed by atoms with van der Waals surface area (Å²) in [5.74, 6) is 1.49. The second-order valence-electron chi connectivity index (χ2n) is 5.84. The highest BCUT2D eigenvalue weighted by Crippen LogP contribution is 2.43. The van der Waals surface area contributed by atoms with E-state index in [1.807, 2.05) is 38.1 Å². The molecule has 0 spiro atoms. The molecule has 0 unspecified atom stereocenters. The Morgan fingerprint density at radius 1 is 1.19 bits per heavy atom. The van der Waals surface area contributed by atoms with Gasteiger partial charge in [0.1, 0.15) is 12.4 Å². The molecule has 1 saturated carbocycles. The van der Waals surface area contributed by atoms with E-state index in [1.165, 1.54) is 18.4 Å². The van der Waals surface area contributed by atoms with Crippen molar-refractivity contribution in [2.45, 2.75) is 39.2 Å². The molecule has 0 saturated heterocycles. The number of anilines is 1. The summed E-state index contributed by atoms with van der Waals surface area (Å²) in [6.07, 6.45) is 2.51. The molecule has 0 heterocycles. The number of ether oxygens (including phenoxy) is 1. The average Bonchev–Trinajstić information content (AvgIpc) is 3.27. The van der Waals surface area contributed by atoms with Crippen LogP contribution >= 0.6 is 11.6 Å². The zero-order chi connectivity index (χ0) is 15.0. The van der Waals surface area contributed by atoms with Gasteiger partial charge in [0.15, 0.2) is 0 Å². The normalized spacial score (nSPS) is 14.2. The zero-order valence-corrected chi connectivity index (χ0v) is 13.2. The van der Waals surface area contributed by atoms with Crippen LogP contribution in [0.2, 0.25) is 5.02 Å². The first-order valence-electron chi connectivity index (χ1n) is 7.33. The molecule has 0 atom stereocenters. The van der Waals surface area contributed by atoms with Crippen LogP contribution in [0.4, 0.5) is 5.69 Å². The molecule has 1 aliphatic carbocycles. The molecule has 3 heteroatoms. The van der Waals surface area contributed by atoms with E-state index >= 15 is 0 Å². The largest absolute Gasteiger partial charge is 0.488 e. The Bertz CT molecular complexity index is 677. The minimum atomic E-state index is 0.499. The van der Waals surface area contributed by atoms with Crippen LogP contribution in [-0.4, -0.2) is 0 Å². The average molecular weight is 302 g/mol. The van der Waals surface area contributed by atoms with Gasteiger partial charge in [-0.25, -0.2) is 0 Å². The van der Waals surface area contributed by atoms with Gasteiger partial charge in [0, 0.05) is 16.3 Å². The summed E-state index contributed by atoms with van der Waals surface area (Å²) in [4.78, 5) is 0. The van der Waals surface area contributed by atoms with Gasteiger partial charge < -0.3 is 10.5 Å². The lowest BCUT2D eigenvalue weighted by molar-refractivity contribution is 0.303. The molecule has 2 nitrogen and oxygen atoms in total. The summed E-state index contributed by atoms with van der Waals surface area (Å²) in [6.45, 7) is 4.53. The Kier molecular flexibility index (Phi) is 3.81. The number of hydrogen-bond donors (Lipinski definition) is 1. The Labute approximate surface area is 130 Å². The standard InChI is InChI=1S/C18H20ClNO/c1-11-8-12(2)18(9-16(11)19)21-10-15-14(13-6-7-13)4-3-5-17(15)20/h3-5,8-9,13H,6-7,10,20H2,1-2H3. The molecule has 0 bridgehead atoms. The van der Waals surface area contributed by atoms with Crippen LogP contribution in [0.3, 0.4) is 0 Å². The predicted molar refractivity (Wildman–Crippen MR) is 88.1 cm³/mol. The van der Waals surface area contributed by atoms with Gasteiger partial charge in [-0.2, -0.15) is 0 Å². The summed E-state index contributed by atoms with van der Waals surface area (Å²) in [5.41, 5.74) is 11.6. The van der Waals surface area contributed by atoms with Gasteiger partial charge in [-0.05, 0) is 61.4 Å². The number of aryl methyl sites for hydroxylation is 2. The maximum atomic E-state index is 6.19. The van der Waals surface area contributed by atoms with Crippen molar-refractivity contribution >= 4 is 17.3 Å². The lowest BCUT2D eigenvalue weighted by Crippen LogP contribution is -2.05. The lowest BCUT2D eigenvalue weighted by atomic mass is 10.0. The van der Waals surface area contributed by atoms with Crippen molar-refractivity contribution in [3.63, 3.8) is 0 Å². The number of rotatable bonds is 4. The van der Waals surface area contributed by atoms with Crippen molar-refractivity contribution in [1.29, 1.82) is 0 Å². The topological polar surface area (TPSA) is 35.2 Å². The monoisotopic (exact) mass is 301 g/mol. The van der Waals surface area contributed by atoms with Crippen molar-refractivity contribution in [2.75, 3.05) is 5.73 Å². The molecule has 2 aromatic rings. The summed E-state index contributed by atoms with van der Waals surface area (Å²) >= 11 is 6.19. The molecular formula is C18H20ClNO. The van der Waals surface area contributed by atoms with Gasteiger partial charge in [0.25, 0.3) is 0 Å². The predicted octanol–water partition coefficient (Wildman–Crippen LogP) is 5.00. The van der Waals surface area contributed by atoms with Gasteiger partial charge in [0.2, 0.25) is 0 Å². The number of hydrogen-bond acceptors (Lipinski definition) is 2. The highest BCUT2D eigenvalue weighted by atomic mass is 35.5. The van der Waals surface area contributed by atoms with Gasteiger partial charge in [-0.1, -0.05) is 29.8 Å². The van der Waals surface area contributed by atoms with Crippen LogP contribution in [0.1, 0.15) is 41.0 Å². The van der Waals surface area contributed by atoms with Gasteiger partial charge in [-0.3, -0.25) is 0 Å². The molecule has 0 aliphatic heterocycles. The Balaban J connectivity index is 1.84. The van der Waals surface area contributed by atoms with Crippen LogP contribution < -0.4 is 10.5 Å². The highest BCUT2D eigenvalue weighted by molar-refractivity contribution is 6.31. The van der Waals surface area contributed by atoms with Gasteiger partial charge in [0.05, 0.1) is 0 Å².